The third kappa shape index (κ3) is 7.34. The van der Waals surface area contributed by atoms with Crippen molar-refractivity contribution in [3.63, 3.8) is 0 Å². The lowest BCUT2D eigenvalue weighted by Gasteiger charge is -2.13. The Morgan fingerprint density at radius 2 is 1.43 bits per heavy atom. The SMILES string of the molecule is CCOc1ccc(NC(=O)NC(=O)COc2ccc(NC(C)=O)cc2)cc1OCC. The van der Waals surface area contributed by atoms with E-state index in [1.807, 2.05) is 13.8 Å². The van der Waals surface area contributed by atoms with Crippen molar-refractivity contribution < 1.29 is 28.6 Å². The van der Waals surface area contributed by atoms with Gasteiger partial charge in [0, 0.05) is 24.4 Å². The molecule has 0 bridgehead atoms. The first-order valence-electron chi connectivity index (χ1n) is 9.42. The van der Waals surface area contributed by atoms with E-state index in [0.29, 0.717) is 41.8 Å². The van der Waals surface area contributed by atoms with Crippen LogP contribution in [0.15, 0.2) is 42.5 Å². The Morgan fingerprint density at radius 1 is 0.800 bits per heavy atom. The molecule has 2 aromatic carbocycles. The number of imide groups is 1. The fourth-order valence-electron chi connectivity index (χ4n) is 2.44. The van der Waals surface area contributed by atoms with E-state index in [0.717, 1.165) is 0 Å². The maximum Gasteiger partial charge on any atom is 0.325 e. The molecule has 0 aliphatic rings. The van der Waals surface area contributed by atoms with Crippen molar-refractivity contribution in [1.82, 2.24) is 5.32 Å². The molecule has 0 atom stereocenters. The predicted octanol–water partition coefficient (Wildman–Crippen LogP) is 3.17. The Balaban J connectivity index is 1.85. The molecule has 0 spiro atoms. The fourth-order valence-corrected chi connectivity index (χ4v) is 2.44. The fraction of sp³-hybridized carbons (Fsp3) is 0.286. The van der Waals surface area contributed by atoms with E-state index in [1.165, 1.54) is 6.92 Å². The van der Waals surface area contributed by atoms with Crippen LogP contribution in [-0.4, -0.2) is 37.7 Å². The van der Waals surface area contributed by atoms with E-state index in [-0.39, 0.29) is 12.5 Å². The molecule has 0 aromatic heterocycles. The Morgan fingerprint density at radius 3 is 2.07 bits per heavy atom. The topological polar surface area (TPSA) is 115 Å². The smallest absolute Gasteiger partial charge is 0.325 e. The van der Waals surface area contributed by atoms with Crippen LogP contribution in [-0.2, 0) is 9.59 Å². The number of carbonyl (C=O) groups is 3. The van der Waals surface area contributed by atoms with E-state index in [4.69, 9.17) is 14.2 Å². The van der Waals surface area contributed by atoms with Crippen LogP contribution in [0.5, 0.6) is 17.2 Å². The van der Waals surface area contributed by atoms with Gasteiger partial charge in [-0.15, -0.1) is 0 Å². The standard InChI is InChI=1S/C21H25N3O6/c1-4-28-18-11-8-16(12-19(18)29-5-2)23-21(27)24-20(26)13-30-17-9-6-15(7-10-17)22-14(3)25/h6-12H,4-5,13H2,1-3H3,(H,22,25)(H2,23,24,26,27). The number of nitrogens with one attached hydrogen (secondary N) is 3. The molecule has 0 fully saturated rings. The molecule has 0 aliphatic carbocycles. The number of ether oxygens (including phenoxy) is 3. The highest BCUT2D eigenvalue weighted by atomic mass is 16.5. The van der Waals surface area contributed by atoms with Gasteiger partial charge in [-0.25, -0.2) is 4.79 Å². The second-order valence-electron chi connectivity index (χ2n) is 6.02. The molecule has 0 heterocycles. The molecule has 3 N–H and O–H groups in total. The summed E-state index contributed by atoms with van der Waals surface area (Å²) in [5.41, 5.74) is 1.06. The van der Waals surface area contributed by atoms with Crippen LogP contribution in [0.25, 0.3) is 0 Å². The molecule has 0 saturated heterocycles. The van der Waals surface area contributed by atoms with Crippen LogP contribution in [0.1, 0.15) is 20.8 Å². The number of anilines is 2. The van der Waals surface area contributed by atoms with Gasteiger partial charge in [-0.3, -0.25) is 14.9 Å². The Kier molecular flexibility index (Phi) is 8.49. The molecule has 9 heteroatoms. The number of hydrogen-bond donors (Lipinski definition) is 3. The monoisotopic (exact) mass is 415 g/mol. The van der Waals surface area contributed by atoms with E-state index in [1.54, 1.807) is 42.5 Å². The first kappa shape index (κ1) is 22.5. The van der Waals surface area contributed by atoms with Gasteiger partial charge in [0.1, 0.15) is 5.75 Å². The molecule has 30 heavy (non-hydrogen) atoms. The molecule has 2 rings (SSSR count). The molecule has 0 radical (unpaired) electrons. The molecule has 0 saturated carbocycles. The minimum Gasteiger partial charge on any atom is -0.490 e. The highest BCUT2D eigenvalue weighted by Gasteiger charge is 2.11. The third-order valence-electron chi connectivity index (χ3n) is 3.60. The van der Waals surface area contributed by atoms with Gasteiger partial charge in [-0.2, -0.15) is 0 Å². The number of rotatable bonds is 9. The van der Waals surface area contributed by atoms with E-state index < -0.39 is 11.9 Å². The lowest BCUT2D eigenvalue weighted by atomic mass is 10.2. The molecule has 2 aromatic rings. The summed E-state index contributed by atoms with van der Waals surface area (Å²) in [6.07, 6.45) is 0. The van der Waals surface area contributed by atoms with E-state index in [9.17, 15) is 14.4 Å². The van der Waals surface area contributed by atoms with Gasteiger partial charge < -0.3 is 24.8 Å². The van der Waals surface area contributed by atoms with Gasteiger partial charge in [0.25, 0.3) is 5.91 Å². The van der Waals surface area contributed by atoms with Gasteiger partial charge >= 0.3 is 6.03 Å². The summed E-state index contributed by atoms with van der Waals surface area (Å²) in [4.78, 5) is 35.0. The Hall–Kier alpha value is -3.75. The van der Waals surface area contributed by atoms with Crippen molar-refractivity contribution >= 4 is 29.2 Å². The van der Waals surface area contributed by atoms with Gasteiger partial charge in [0.2, 0.25) is 5.91 Å². The summed E-state index contributed by atoms with van der Waals surface area (Å²) in [6, 6.07) is 10.7. The zero-order chi connectivity index (χ0) is 21.9. The number of carbonyl (C=O) groups excluding carboxylic acids is 3. The van der Waals surface area contributed by atoms with Gasteiger partial charge in [-0.05, 0) is 50.2 Å². The van der Waals surface area contributed by atoms with Crippen molar-refractivity contribution in [3.05, 3.63) is 42.5 Å². The van der Waals surface area contributed by atoms with Crippen LogP contribution in [0, 0.1) is 0 Å². The minimum atomic E-state index is -0.698. The number of urea groups is 1. The number of amides is 4. The predicted molar refractivity (Wildman–Crippen MR) is 112 cm³/mol. The third-order valence-corrected chi connectivity index (χ3v) is 3.60. The maximum absolute atomic E-state index is 12.1. The van der Waals surface area contributed by atoms with Gasteiger partial charge in [0.15, 0.2) is 18.1 Å². The summed E-state index contributed by atoms with van der Waals surface area (Å²) >= 11 is 0. The zero-order valence-electron chi connectivity index (χ0n) is 17.1. The average molecular weight is 415 g/mol. The summed E-state index contributed by atoms with van der Waals surface area (Å²) < 4.78 is 16.3. The van der Waals surface area contributed by atoms with Crippen molar-refractivity contribution in [2.75, 3.05) is 30.5 Å². The lowest BCUT2D eigenvalue weighted by Crippen LogP contribution is -2.37. The molecule has 160 valence electrons. The molecule has 0 unspecified atom stereocenters. The molecule has 4 amide bonds. The number of hydrogen-bond acceptors (Lipinski definition) is 6. The Labute approximate surface area is 174 Å². The van der Waals surface area contributed by atoms with Crippen LogP contribution < -0.4 is 30.2 Å². The van der Waals surface area contributed by atoms with Crippen LogP contribution in [0.2, 0.25) is 0 Å². The first-order valence-corrected chi connectivity index (χ1v) is 9.42. The lowest BCUT2D eigenvalue weighted by molar-refractivity contribution is -0.122. The first-order chi connectivity index (χ1) is 14.4. The zero-order valence-corrected chi connectivity index (χ0v) is 17.1. The maximum atomic E-state index is 12.1. The van der Waals surface area contributed by atoms with Crippen LogP contribution in [0.4, 0.5) is 16.2 Å². The molecular weight excluding hydrogens is 390 g/mol. The van der Waals surface area contributed by atoms with Gasteiger partial charge in [0.05, 0.1) is 13.2 Å². The van der Waals surface area contributed by atoms with E-state index >= 15 is 0 Å². The van der Waals surface area contributed by atoms with E-state index in [2.05, 4.69) is 16.0 Å². The summed E-state index contributed by atoms with van der Waals surface area (Å²) in [5, 5.41) is 7.37. The summed E-state index contributed by atoms with van der Waals surface area (Å²) in [6.45, 7) is 5.69. The largest absolute Gasteiger partial charge is 0.490 e. The highest BCUT2D eigenvalue weighted by molar-refractivity contribution is 6.01. The Bertz CT molecular complexity index is 883. The van der Waals surface area contributed by atoms with Crippen LogP contribution >= 0.6 is 0 Å². The van der Waals surface area contributed by atoms with Crippen LogP contribution in [0.3, 0.4) is 0 Å². The second kappa shape index (κ2) is 11.3. The van der Waals surface area contributed by atoms with Crippen molar-refractivity contribution in [1.29, 1.82) is 0 Å². The van der Waals surface area contributed by atoms with Crippen molar-refractivity contribution in [2.24, 2.45) is 0 Å². The molecular formula is C21H25N3O6. The van der Waals surface area contributed by atoms with Crippen molar-refractivity contribution in [3.8, 4) is 17.2 Å². The molecule has 0 aliphatic heterocycles. The normalized spacial score (nSPS) is 9.97. The summed E-state index contributed by atoms with van der Waals surface area (Å²) in [7, 11) is 0. The van der Waals surface area contributed by atoms with Gasteiger partial charge in [-0.1, -0.05) is 0 Å². The number of benzene rings is 2. The van der Waals surface area contributed by atoms with Crippen molar-refractivity contribution in [2.45, 2.75) is 20.8 Å². The minimum absolute atomic E-state index is 0.185. The quantitative estimate of drug-likeness (QED) is 0.579. The second-order valence-corrected chi connectivity index (χ2v) is 6.02. The average Bonchev–Trinajstić information content (AvgIpc) is 2.69. The molecule has 9 nitrogen and oxygen atoms in total. The highest BCUT2D eigenvalue weighted by Crippen LogP contribution is 2.30. The summed E-state index contributed by atoms with van der Waals surface area (Å²) in [5.74, 6) is 0.686.